The van der Waals surface area contributed by atoms with Crippen molar-refractivity contribution >= 4 is 10.0 Å². The van der Waals surface area contributed by atoms with Crippen molar-refractivity contribution in [2.45, 2.75) is 78.1 Å². The van der Waals surface area contributed by atoms with Crippen molar-refractivity contribution in [2.75, 3.05) is 46.5 Å². The van der Waals surface area contributed by atoms with Crippen LogP contribution in [0, 0.1) is 0 Å². The molecule has 4 nitrogen and oxygen atoms in total. The van der Waals surface area contributed by atoms with Gasteiger partial charge in [-0.1, -0.05) is 58.3 Å². The Kier molecular flexibility index (Phi) is 13.1. The van der Waals surface area contributed by atoms with E-state index in [1.807, 2.05) is 0 Å². The third-order valence-corrected chi connectivity index (χ3v) is 7.01. The minimum atomic E-state index is -3.06. The van der Waals surface area contributed by atoms with Gasteiger partial charge in [-0.05, 0) is 13.3 Å². The van der Waals surface area contributed by atoms with Crippen LogP contribution >= 0.6 is 0 Å². The molecule has 0 heterocycles. The van der Waals surface area contributed by atoms with E-state index in [0.29, 0.717) is 12.3 Å². The lowest BCUT2D eigenvalue weighted by molar-refractivity contribution is -0.888. The van der Waals surface area contributed by atoms with Gasteiger partial charge in [0.2, 0.25) is 10.0 Å². The van der Waals surface area contributed by atoms with E-state index < -0.39 is 10.0 Å². The van der Waals surface area contributed by atoms with E-state index in [0.717, 1.165) is 36.8 Å². The van der Waals surface area contributed by atoms with E-state index in [-0.39, 0.29) is 0 Å². The molecule has 5 heteroatoms. The molecule has 0 saturated carbocycles. The average molecular weight is 364 g/mol. The molecule has 0 rings (SSSR count). The zero-order valence-corrected chi connectivity index (χ0v) is 17.8. The SMILES string of the molecule is CCCCCCCCCCCS(=O)(=O)N(C)CCC[N+](C)(C)CC. The van der Waals surface area contributed by atoms with Gasteiger partial charge in [-0.25, -0.2) is 12.7 Å². The van der Waals surface area contributed by atoms with Crippen molar-refractivity contribution < 1.29 is 12.9 Å². The molecule has 0 amide bonds. The summed E-state index contributed by atoms with van der Waals surface area (Å²) in [5.41, 5.74) is 0. The normalized spacial score (nSPS) is 12.9. The minimum Gasteiger partial charge on any atom is -0.329 e. The van der Waals surface area contributed by atoms with E-state index in [1.54, 1.807) is 11.4 Å². The topological polar surface area (TPSA) is 37.4 Å². The molecule has 0 fully saturated rings. The van der Waals surface area contributed by atoms with E-state index in [1.165, 1.54) is 44.9 Å². The summed E-state index contributed by atoms with van der Waals surface area (Å²) in [5.74, 6) is 0.311. The highest BCUT2D eigenvalue weighted by atomic mass is 32.2. The van der Waals surface area contributed by atoms with Gasteiger partial charge in [-0.15, -0.1) is 0 Å². The van der Waals surface area contributed by atoms with E-state index >= 15 is 0 Å². The van der Waals surface area contributed by atoms with Crippen molar-refractivity contribution in [1.82, 2.24) is 4.31 Å². The summed E-state index contributed by atoms with van der Waals surface area (Å²) >= 11 is 0. The van der Waals surface area contributed by atoms with Crippen molar-refractivity contribution in [3.63, 3.8) is 0 Å². The average Bonchev–Trinajstić information content (AvgIpc) is 2.53. The fourth-order valence-electron chi connectivity index (χ4n) is 2.77. The number of hydrogen-bond donors (Lipinski definition) is 0. The molecule has 0 aliphatic rings. The first kappa shape index (κ1) is 23.9. The van der Waals surface area contributed by atoms with Crippen LogP contribution in [0.2, 0.25) is 0 Å². The number of hydrogen-bond acceptors (Lipinski definition) is 2. The number of rotatable bonds is 16. The zero-order valence-electron chi connectivity index (χ0n) is 17.0. The zero-order chi connectivity index (χ0) is 18.5. The molecule has 0 unspecified atom stereocenters. The summed E-state index contributed by atoms with van der Waals surface area (Å²) in [6.07, 6.45) is 11.8. The molecule has 0 atom stereocenters. The second-order valence-electron chi connectivity index (χ2n) is 7.80. The summed E-state index contributed by atoms with van der Waals surface area (Å²) in [5, 5.41) is 0. The fourth-order valence-corrected chi connectivity index (χ4v) is 4.06. The van der Waals surface area contributed by atoms with Gasteiger partial charge in [0.05, 0.1) is 32.9 Å². The summed E-state index contributed by atoms with van der Waals surface area (Å²) in [4.78, 5) is 0. The Hall–Kier alpha value is -0.130. The molecule has 0 N–H and O–H groups in total. The maximum atomic E-state index is 12.3. The Morgan fingerprint density at radius 1 is 0.792 bits per heavy atom. The molecule has 0 aromatic rings. The van der Waals surface area contributed by atoms with Gasteiger partial charge in [-0.2, -0.15) is 0 Å². The Morgan fingerprint density at radius 3 is 1.79 bits per heavy atom. The summed E-state index contributed by atoms with van der Waals surface area (Å²) in [6, 6.07) is 0. The molecule has 146 valence electrons. The Bertz CT molecular complexity index is 394. The third kappa shape index (κ3) is 12.3. The molecule has 0 bridgehead atoms. The third-order valence-electron chi connectivity index (χ3n) is 5.07. The van der Waals surface area contributed by atoms with Gasteiger partial charge < -0.3 is 4.48 Å². The van der Waals surface area contributed by atoms with Crippen LogP contribution < -0.4 is 0 Å². The first-order valence-corrected chi connectivity index (χ1v) is 11.6. The van der Waals surface area contributed by atoms with Crippen LogP contribution in [0.1, 0.15) is 78.1 Å². The van der Waals surface area contributed by atoms with E-state index in [2.05, 4.69) is 27.9 Å². The van der Waals surface area contributed by atoms with Gasteiger partial charge in [0, 0.05) is 20.0 Å². The maximum Gasteiger partial charge on any atom is 0.213 e. The van der Waals surface area contributed by atoms with Crippen LogP contribution in [0.4, 0.5) is 0 Å². The van der Waals surface area contributed by atoms with Crippen molar-refractivity contribution in [1.29, 1.82) is 0 Å². The maximum absolute atomic E-state index is 12.3. The minimum absolute atomic E-state index is 0.311. The Morgan fingerprint density at radius 2 is 1.29 bits per heavy atom. The second-order valence-corrected chi connectivity index (χ2v) is 9.99. The largest absolute Gasteiger partial charge is 0.329 e. The lowest BCUT2D eigenvalue weighted by Gasteiger charge is -2.29. The number of unbranched alkanes of at least 4 members (excludes halogenated alkanes) is 8. The van der Waals surface area contributed by atoms with Crippen molar-refractivity contribution in [3.05, 3.63) is 0 Å². The molecule has 0 saturated heterocycles. The molecule has 0 aromatic carbocycles. The molecular formula is C19H43N2O2S+. The molecule has 0 spiro atoms. The number of sulfonamides is 1. The van der Waals surface area contributed by atoms with Crippen molar-refractivity contribution in [2.24, 2.45) is 0 Å². The van der Waals surface area contributed by atoms with Crippen LogP contribution in [0.5, 0.6) is 0 Å². The lowest BCUT2D eigenvalue weighted by Crippen LogP contribution is -2.41. The highest BCUT2D eigenvalue weighted by molar-refractivity contribution is 7.89. The first-order valence-electron chi connectivity index (χ1n) is 10.0. The van der Waals surface area contributed by atoms with Gasteiger partial charge in [0.25, 0.3) is 0 Å². The molecule has 0 aromatic heterocycles. The predicted octanol–water partition coefficient (Wildman–Crippen LogP) is 4.27. The van der Waals surface area contributed by atoms with Crippen LogP contribution in [0.25, 0.3) is 0 Å². The van der Waals surface area contributed by atoms with Crippen LogP contribution in [-0.2, 0) is 10.0 Å². The molecule has 24 heavy (non-hydrogen) atoms. The smallest absolute Gasteiger partial charge is 0.213 e. The van der Waals surface area contributed by atoms with Gasteiger partial charge >= 0.3 is 0 Å². The standard InChI is InChI=1S/C19H43N2O2S/c1-6-8-9-10-11-12-13-14-15-19-24(22,23)20(3)17-16-18-21(4,5)7-2/h6-19H2,1-5H3/q+1. The van der Waals surface area contributed by atoms with Gasteiger partial charge in [0.1, 0.15) is 0 Å². The quantitative estimate of drug-likeness (QED) is 0.303. The molecule has 0 aliphatic carbocycles. The van der Waals surface area contributed by atoms with Gasteiger partial charge in [0.15, 0.2) is 0 Å². The highest BCUT2D eigenvalue weighted by Crippen LogP contribution is 2.11. The van der Waals surface area contributed by atoms with Crippen molar-refractivity contribution in [3.8, 4) is 0 Å². The number of quaternary nitrogens is 1. The predicted molar refractivity (Wildman–Crippen MR) is 106 cm³/mol. The highest BCUT2D eigenvalue weighted by Gasteiger charge is 2.18. The molecular weight excluding hydrogens is 320 g/mol. The Balaban J connectivity index is 3.76. The lowest BCUT2D eigenvalue weighted by atomic mass is 10.1. The summed E-state index contributed by atoms with van der Waals surface area (Å²) in [6.45, 7) is 7.15. The number of nitrogens with zero attached hydrogens (tertiary/aromatic N) is 2. The van der Waals surface area contributed by atoms with Crippen LogP contribution in [-0.4, -0.2) is 63.7 Å². The molecule has 0 aliphatic heterocycles. The summed E-state index contributed by atoms with van der Waals surface area (Å²) < 4.78 is 27.1. The monoisotopic (exact) mass is 363 g/mol. The Labute approximate surface area is 152 Å². The first-order chi connectivity index (χ1) is 11.2. The van der Waals surface area contributed by atoms with Gasteiger partial charge in [-0.3, -0.25) is 0 Å². The second kappa shape index (κ2) is 13.1. The van der Waals surface area contributed by atoms with E-state index in [4.69, 9.17) is 0 Å². The summed E-state index contributed by atoms with van der Waals surface area (Å²) in [7, 11) is 3.05. The van der Waals surface area contributed by atoms with E-state index in [9.17, 15) is 8.42 Å². The molecule has 0 radical (unpaired) electrons. The van der Waals surface area contributed by atoms with Crippen LogP contribution in [0.15, 0.2) is 0 Å². The fraction of sp³-hybridized carbons (Fsp3) is 1.00. The van der Waals surface area contributed by atoms with Crippen LogP contribution in [0.3, 0.4) is 0 Å².